The fourth-order valence-corrected chi connectivity index (χ4v) is 2.90. The van der Waals surface area contributed by atoms with Crippen molar-refractivity contribution >= 4 is 11.6 Å². The number of amides is 1. The number of hydrogen-bond donors (Lipinski definition) is 2. The number of benzene rings is 1. The zero-order chi connectivity index (χ0) is 15.1. The van der Waals surface area contributed by atoms with Crippen molar-refractivity contribution < 1.29 is 9.53 Å². The number of carbonyl (C=O) groups excluding carboxylic acids is 1. The average Bonchev–Trinajstić information content (AvgIpc) is 2.97. The summed E-state index contributed by atoms with van der Waals surface area (Å²) in [4.78, 5) is 12.7. The molecule has 2 N–H and O–H groups in total. The van der Waals surface area contributed by atoms with Crippen LogP contribution in [0.1, 0.15) is 46.0 Å². The predicted molar refractivity (Wildman–Crippen MR) is 85.7 cm³/mol. The SMILES string of the molecule is CCCOc1ccccc1NC(=O)C1(CCC)CCCN1. The Hall–Kier alpha value is -1.55. The molecule has 21 heavy (non-hydrogen) atoms. The Kier molecular flexibility index (Phi) is 5.62. The first-order valence-electron chi connectivity index (χ1n) is 8.00. The van der Waals surface area contributed by atoms with Crippen LogP contribution < -0.4 is 15.4 Å². The molecule has 0 bridgehead atoms. The summed E-state index contributed by atoms with van der Waals surface area (Å²) >= 11 is 0. The second-order valence-electron chi connectivity index (χ2n) is 5.66. The third-order valence-electron chi connectivity index (χ3n) is 3.95. The number of carbonyl (C=O) groups is 1. The molecule has 4 heteroatoms. The van der Waals surface area contributed by atoms with Gasteiger partial charge >= 0.3 is 0 Å². The Bertz CT molecular complexity index is 468. The molecule has 116 valence electrons. The predicted octanol–water partition coefficient (Wildman–Crippen LogP) is 3.34. The molecule has 4 nitrogen and oxygen atoms in total. The molecule has 0 spiro atoms. The van der Waals surface area contributed by atoms with Crippen molar-refractivity contribution in [3.8, 4) is 5.75 Å². The summed E-state index contributed by atoms with van der Waals surface area (Å²) in [6.45, 7) is 5.76. The van der Waals surface area contributed by atoms with E-state index in [9.17, 15) is 4.79 Å². The molecule has 1 heterocycles. The number of para-hydroxylation sites is 2. The van der Waals surface area contributed by atoms with E-state index < -0.39 is 5.54 Å². The van der Waals surface area contributed by atoms with E-state index in [1.54, 1.807) is 0 Å². The molecule has 2 rings (SSSR count). The highest BCUT2D eigenvalue weighted by Crippen LogP contribution is 2.29. The van der Waals surface area contributed by atoms with E-state index in [4.69, 9.17) is 4.74 Å². The standard InChI is InChI=1S/C17H26N2O2/c1-3-10-17(11-7-12-18-17)16(20)19-14-8-5-6-9-15(14)21-13-4-2/h5-6,8-9,18H,3-4,7,10-13H2,1-2H3,(H,19,20). The van der Waals surface area contributed by atoms with Gasteiger partial charge in [-0.25, -0.2) is 0 Å². The van der Waals surface area contributed by atoms with Crippen molar-refractivity contribution in [2.75, 3.05) is 18.5 Å². The number of hydrogen-bond acceptors (Lipinski definition) is 3. The molecular weight excluding hydrogens is 264 g/mol. The Morgan fingerprint density at radius 1 is 1.33 bits per heavy atom. The monoisotopic (exact) mass is 290 g/mol. The summed E-state index contributed by atoms with van der Waals surface area (Å²) in [6.07, 6.45) is 4.78. The van der Waals surface area contributed by atoms with Crippen LogP contribution >= 0.6 is 0 Å². The lowest BCUT2D eigenvalue weighted by molar-refractivity contribution is -0.122. The Morgan fingerprint density at radius 2 is 2.14 bits per heavy atom. The molecule has 1 aliphatic heterocycles. The van der Waals surface area contributed by atoms with Crippen LogP contribution in [0.15, 0.2) is 24.3 Å². The van der Waals surface area contributed by atoms with Gasteiger partial charge in [-0.15, -0.1) is 0 Å². The molecule has 1 atom stereocenters. The third-order valence-corrected chi connectivity index (χ3v) is 3.95. The summed E-state index contributed by atoms with van der Waals surface area (Å²) < 4.78 is 5.71. The van der Waals surface area contributed by atoms with Crippen molar-refractivity contribution in [2.24, 2.45) is 0 Å². The van der Waals surface area contributed by atoms with Crippen LogP contribution in [-0.2, 0) is 4.79 Å². The third kappa shape index (κ3) is 3.76. The van der Waals surface area contributed by atoms with Crippen LogP contribution in [-0.4, -0.2) is 24.6 Å². The maximum atomic E-state index is 12.7. The van der Waals surface area contributed by atoms with E-state index in [1.165, 1.54) is 0 Å². The van der Waals surface area contributed by atoms with Crippen molar-refractivity contribution in [2.45, 2.75) is 51.5 Å². The van der Waals surface area contributed by atoms with E-state index in [1.807, 2.05) is 24.3 Å². The van der Waals surface area contributed by atoms with Gasteiger partial charge in [-0.1, -0.05) is 32.4 Å². The Morgan fingerprint density at radius 3 is 2.81 bits per heavy atom. The second kappa shape index (κ2) is 7.46. The fraction of sp³-hybridized carbons (Fsp3) is 0.588. The molecule has 1 aliphatic rings. The second-order valence-corrected chi connectivity index (χ2v) is 5.66. The van der Waals surface area contributed by atoms with E-state index in [-0.39, 0.29) is 5.91 Å². The molecule has 0 aliphatic carbocycles. The molecule has 1 aromatic carbocycles. The van der Waals surface area contributed by atoms with Gasteiger partial charge in [-0.3, -0.25) is 4.79 Å². The molecule has 0 saturated carbocycles. The average molecular weight is 290 g/mol. The normalized spacial score (nSPS) is 21.2. The smallest absolute Gasteiger partial charge is 0.244 e. The first-order chi connectivity index (χ1) is 10.2. The maximum absolute atomic E-state index is 12.7. The van der Waals surface area contributed by atoms with E-state index in [0.29, 0.717) is 6.61 Å². The van der Waals surface area contributed by atoms with Gasteiger partial charge < -0.3 is 15.4 Å². The molecular formula is C17H26N2O2. The first-order valence-corrected chi connectivity index (χ1v) is 8.00. The molecule has 1 saturated heterocycles. The molecule has 1 aromatic rings. The van der Waals surface area contributed by atoms with Gasteiger partial charge in [0.25, 0.3) is 0 Å². The highest BCUT2D eigenvalue weighted by Gasteiger charge is 2.40. The van der Waals surface area contributed by atoms with Gasteiger partial charge in [0.05, 0.1) is 17.8 Å². The van der Waals surface area contributed by atoms with E-state index in [2.05, 4.69) is 24.5 Å². The quantitative estimate of drug-likeness (QED) is 0.810. The minimum absolute atomic E-state index is 0.0643. The minimum Gasteiger partial charge on any atom is -0.491 e. The van der Waals surface area contributed by atoms with Crippen LogP contribution in [0.25, 0.3) is 0 Å². The van der Waals surface area contributed by atoms with Crippen LogP contribution in [0.3, 0.4) is 0 Å². The number of anilines is 1. The van der Waals surface area contributed by atoms with Crippen LogP contribution in [0.2, 0.25) is 0 Å². The topological polar surface area (TPSA) is 50.4 Å². The van der Waals surface area contributed by atoms with Gasteiger partial charge in [0.15, 0.2) is 0 Å². The Balaban J connectivity index is 2.11. The number of nitrogens with one attached hydrogen (secondary N) is 2. The van der Waals surface area contributed by atoms with Crippen LogP contribution in [0.5, 0.6) is 5.75 Å². The minimum atomic E-state index is -0.410. The van der Waals surface area contributed by atoms with Crippen LogP contribution in [0.4, 0.5) is 5.69 Å². The summed E-state index contributed by atoms with van der Waals surface area (Å²) in [6, 6.07) is 7.65. The summed E-state index contributed by atoms with van der Waals surface area (Å²) in [7, 11) is 0. The van der Waals surface area contributed by atoms with Crippen LogP contribution in [0, 0.1) is 0 Å². The number of rotatable bonds is 7. The number of ether oxygens (including phenoxy) is 1. The molecule has 0 radical (unpaired) electrons. The van der Waals surface area contributed by atoms with Gasteiger partial charge in [-0.2, -0.15) is 0 Å². The highest BCUT2D eigenvalue weighted by atomic mass is 16.5. The van der Waals surface area contributed by atoms with E-state index in [0.717, 1.165) is 50.1 Å². The Labute approximate surface area is 127 Å². The maximum Gasteiger partial charge on any atom is 0.244 e. The summed E-state index contributed by atoms with van der Waals surface area (Å²) in [5.41, 5.74) is 0.354. The molecule has 1 fully saturated rings. The molecule has 1 unspecified atom stereocenters. The van der Waals surface area contributed by atoms with Crippen molar-refractivity contribution in [3.63, 3.8) is 0 Å². The molecule has 0 aromatic heterocycles. The van der Waals surface area contributed by atoms with Crippen molar-refractivity contribution in [1.82, 2.24) is 5.32 Å². The van der Waals surface area contributed by atoms with E-state index >= 15 is 0 Å². The lowest BCUT2D eigenvalue weighted by Gasteiger charge is -2.28. The lowest BCUT2D eigenvalue weighted by atomic mass is 9.90. The first kappa shape index (κ1) is 15.8. The fourth-order valence-electron chi connectivity index (χ4n) is 2.90. The summed E-state index contributed by atoms with van der Waals surface area (Å²) in [5.74, 6) is 0.812. The van der Waals surface area contributed by atoms with Gasteiger partial charge in [0.2, 0.25) is 5.91 Å². The highest BCUT2D eigenvalue weighted by molar-refractivity contribution is 5.99. The molecule has 1 amide bonds. The lowest BCUT2D eigenvalue weighted by Crippen LogP contribution is -2.50. The summed E-state index contributed by atoms with van der Waals surface area (Å²) in [5, 5.41) is 6.46. The van der Waals surface area contributed by atoms with Gasteiger partial charge in [0.1, 0.15) is 5.75 Å². The van der Waals surface area contributed by atoms with Crippen molar-refractivity contribution in [3.05, 3.63) is 24.3 Å². The van der Waals surface area contributed by atoms with Gasteiger partial charge in [-0.05, 0) is 44.4 Å². The zero-order valence-electron chi connectivity index (χ0n) is 13.1. The zero-order valence-corrected chi connectivity index (χ0v) is 13.1. The largest absolute Gasteiger partial charge is 0.491 e. The van der Waals surface area contributed by atoms with Crippen molar-refractivity contribution in [1.29, 1.82) is 0 Å². The van der Waals surface area contributed by atoms with Gasteiger partial charge in [0, 0.05) is 0 Å².